The maximum atomic E-state index is 12.5. The number of carbonyl (C=O) groups is 2. The van der Waals surface area contributed by atoms with Gasteiger partial charge >= 0.3 is 5.97 Å². The van der Waals surface area contributed by atoms with Crippen molar-refractivity contribution in [1.29, 1.82) is 0 Å². The zero-order valence-electron chi connectivity index (χ0n) is 13.6. The van der Waals surface area contributed by atoms with Crippen molar-refractivity contribution in [1.82, 2.24) is 0 Å². The maximum absolute atomic E-state index is 12.5. The van der Waals surface area contributed by atoms with Crippen LogP contribution in [0.5, 0.6) is 5.75 Å². The second-order valence-electron chi connectivity index (χ2n) is 5.95. The lowest BCUT2D eigenvalue weighted by Gasteiger charge is -2.07. The van der Waals surface area contributed by atoms with E-state index in [1.807, 2.05) is 36.4 Å². The molecule has 0 saturated carbocycles. The Morgan fingerprint density at radius 2 is 1.23 bits per heavy atom. The van der Waals surface area contributed by atoms with Gasteiger partial charge in [-0.3, -0.25) is 4.79 Å². The molecule has 4 rings (SSSR count). The van der Waals surface area contributed by atoms with Crippen molar-refractivity contribution >= 4 is 44.4 Å². The van der Waals surface area contributed by atoms with Gasteiger partial charge in [-0.25, -0.2) is 4.79 Å². The van der Waals surface area contributed by atoms with Crippen molar-refractivity contribution in [3.05, 3.63) is 90.0 Å². The van der Waals surface area contributed by atoms with Crippen LogP contribution in [0.15, 0.2) is 78.9 Å². The molecule has 0 heterocycles. The van der Waals surface area contributed by atoms with Gasteiger partial charge in [-0.1, -0.05) is 42.5 Å². The maximum Gasteiger partial charge on any atom is 0.343 e. The fourth-order valence-corrected chi connectivity index (χ4v) is 3.01. The minimum absolute atomic E-state index is 0.422. The second-order valence-corrected chi connectivity index (χ2v) is 6.29. The molecule has 0 aliphatic carbocycles. The molecule has 0 radical (unpaired) electrons. The van der Waals surface area contributed by atoms with Gasteiger partial charge in [-0.05, 0) is 69.5 Å². The van der Waals surface area contributed by atoms with E-state index >= 15 is 0 Å². The molecule has 0 saturated heterocycles. The van der Waals surface area contributed by atoms with E-state index in [2.05, 4.69) is 0 Å². The number of hydrogen-bond acceptors (Lipinski definition) is 3. The zero-order chi connectivity index (χ0) is 18.1. The van der Waals surface area contributed by atoms with E-state index in [1.54, 1.807) is 42.5 Å². The zero-order valence-corrected chi connectivity index (χ0v) is 14.4. The smallest absolute Gasteiger partial charge is 0.343 e. The summed E-state index contributed by atoms with van der Waals surface area (Å²) >= 11 is 5.50. The molecule has 126 valence electrons. The summed E-state index contributed by atoms with van der Waals surface area (Å²) in [6.07, 6.45) is 0. The molecule has 4 aromatic rings. The SMILES string of the molecule is O=C(Cl)c1ccc2cc(C(=O)Oc3ccc4ccccc4c3)ccc2c1. The summed E-state index contributed by atoms with van der Waals surface area (Å²) in [5.41, 5.74) is 0.862. The molecule has 0 atom stereocenters. The first kappa shape index (κ1) is 16.3. The summed E-state index contributed by atoms with van der Waals surface area (Å²) in [5, 5.41) is 3.25. The van der Waals surface area contributed by atoms with Gasteiger partial charge in [0.1, 0.15) is 5.75 Å². The van der Waals surface area contributed by atoms with Crippen molar-refractivity contribution < 1.29 is 14.3 Å². The van der Waals surface area contributed by atoms with E-state index in [4.69, 9.17) is 16.3 Å². The molecule has 0 bridgehead atoms. The highest BCUT2D eigenvalue weighted by atomic mass is 35.5. The van der Waals surface area contributed by atoms with Gasteiger partial charge in [-0.2, -0.15) is 0 Å². The minimum atomic E-state index is -0.508. The molecule has 0 unspecified atom stereocenters. The number of hydrogen-bond donors (Lipinski definition) is 0. The topological polar surface area (TPSA) is 43.4 Å². The Morgan fingerprint density at radius 3 is 1.96 bits per heavy atom. The first-order chi connectivity index (χ1) is 12.6. The minimum Gasteiger partial charge on any atom is -0.423 e. The number of halogens is 1. The Balaban J connectivity index is 1.62. The predicted molar refractivity (Wildman–Crippen MR) is 103 cm³/mol. The highest BCUT2D eigenvalue weighted by molar-refractivity contribution is 6.67. The van der Waals surface area contributed by atoms with E-state index in [1.165, 1.54) is 0 Å². The molecule has 0 aliphatic rings. The summed E-state index contributed by atoms with van der Waals surface area (Å²) in [6.45, 7) is 0. The van der Waals surface area contributed by atoms with Crippen LogP contribution >= 0.6 is 11.6 Å². The Morgan fingerprint density at radius 1 is 0.654 bits per heavy atom. The third kappa shape index (κ3) is 3.17. The van der Waals surface area contributed by atoms with Gasteiger partial charge in [0.25, 0.3) is 5.24 Å². The molecular weight excluding hydrogens is 348 g/mol. The van der Waals surface area contributed by atoms with Crippen LogP contribution in [-0.4, -0.2) is 11.2 Å². The standard InChI is InChI=1S/C22H13ClO3/c23-21(24)18-7-5-17-12-19(8-6-16(17)11-18)22(25)26-20-10-9-14-3-1-2-4-15(14)13-20/h1-13H. The normalized spacial score (nSPS) is 10.8. The van der Waals surface area contributed by atoms with Crippen LogP contribution in [0.4, 0.5) is 0 Å². The third-order valence-corrected chi connectivity index (χ3v) is 4.45. The average molecular weight is 361 g/mol. The summed E-state index contributed by atoms with van der Waals surface area (Å²) in [4.78, 5) is 23.7. The van der Waals surface area contributed by atoms with Crippen molar-refractivity contribution in [2.24, 2.45) is 0 Å². The van der Waals surface area contributed by atoms with Gasteiger partial charge in [-0.15, -0.1) is 0 Å². The molecule has 0 spiro atoms. The highest BCUT2D eigenvalue weighted by Gasteiger charge is 2.11. The van der Waals surface area contributed by atoms with Gasteiger partial charge < -0.3 is 4.74 Å². The molecule has 4 heteroatoms. The lowest BCUT2D eigenvalue weighted by molar-refractivity contribution is 0.0735. The van der Waals surface area contributed by atoms with Crippen LogP contribution in [0, 0.1) is 0 Å². The lowest BCUT2D eigenvalue weighted by Crippen LogP contribution is -2.08. The molecule has 26 heavy (non-hydrogen) atoms. The van der Waals surface area contributed by atoms with Crippen LogP contribution in [0.1, 0.15) is 20.7 Å². The molecule has 0 aromatic heterocycles. The molecule has 0 aliphatic heterocycles. The van der Waals surface area contributed by atoms with E-state index in [9.17, 15) is 9.59 Å². The largest absolute Gasteiger partial charge is 0.423 e. The molecule has 0 N–H and O–H groups in total. The van der Waals surface area contributed by atoms with Crippen molar-refractivity contribution in [3.8, 4) is 5.75 Å². The van der Waals surface area contributed by atoms with Gasteiger partial charge in [0.15, 0.2) is 0 Å². The highest BCUT2D eigenvalue weighted by Crippen LogP contribution is 2.23. The van der Waals surface area contributed by atoms with Crippen molar-refractivity contribution in [2.75, 3.05) is 0 Å². The Bertz CT molecular complexity index is 1160. The van der Waals surface area contributed by atoms with Crippen molar-refractivity contribution in [2.45, 2.75) is 0 Å². The lowest BCUT2D eigenvalue weighted by atomic mass is 10.0. The fourth-order valence-electron chi connectivity index (χ4n) is 2.89. The van der Waals surface area contributed by atoms with Gasteiger partial charge in [0.2, 0.25) is 0 Å². The summed E-state index contributed by atoms with van der Waals surface area (Å²) in [5.74, 6) is 0.0663. The first-order valence-corrected chi connectivity index (χ1v) is 8.42. The number of fused-ring (bicyclic) bond motifs is 2. The van der Waals surface area contributed by atoms with Crippen LogP contribution in [-0.2, 0) is 0 Å². The summed E-state index contributed by atoms with van der Waals surface area (Å²) in [7, 11) is 0. The third-order valence-electron chi connectivity index (χ3n) is 4.23. The number of benzene rings is 4. The molecule has 3 nitrogen and oxygen atoms in total. The van der Waals surface area contributed by atoms with E-state index in [-0.39, 0.29) is 0 Å². The van der Waals surface area contributed by atoms with Crippen LogP contribution in [0.3, 0.4) is 0 Å². The van der Waals surface area contributed by atoms with Gasteiger partial charge in [0.05, 0.1) is 5.56 Å². The number of rotatable bonds is 3. The quantitative estimate of drug-likeness (QED) is 0.271. The molecular formula is C22H13ClO3. The first-order valence-electron chi connectivity index (χ1n) is 8.05. The second kappa shape index (κ2) is 6.62. The van der Waals surface area contributed by atoms with Gasteiger partial charge in [0, 0.05) is 5.56 Å². The van der Waals surface area contributed by atoms with Crippen molar-refractivity contribution in [3.63, 3.8) is 0 Å². The van der Waals surface area contributed by atoms with E-state index in [0.717, 1.165) is 21.5 Å². The average Bonchev–Trinajstić information content (AvgIpc) is 2.67. The number of ether oxygens (including phenoxy) is 1. The van der Waals surface area contributed by atoms with Crippen LogP contribution < -0.4 is 4.74 Å². The molecule has 0 amide bonds. The Kier molecular flexibility index (Phi) is 4.15. The van der Waals surface area contributed by atoms with Crippen LogP contribution in [0.2, 0.25) is 0 Å². The molecule has 0 fully saturated rings. The van der Waals surface area contributed by atoms with E-state index in [0.29, 0.717) is 16.9 Å². The fraction of sp³-hybridized carbons (Fsp3) is 0. The Labute approximate surface area is 154 Å². The van der Waals surface area contributed by atoms with Crippen LogP contribution in [0.25, 0.3) is 21.5 Å². The predicted octanol–water partition coefficient (Wildman–Crippen LogP) is 5.59. The summed E-state index contributed by atoms with van der Waals surface area (Å²) < 4.78 is 5.51. The molecule has 4 aromatic carbocycles. The Hall–Kier alpha value is -3.17. The summed E-state index contributed by atoms with van der Waals surface area (Å²) in [6, 6.07) is 23.7. The number of carbonyl (C=O) groups excluding carboxylic acids is 2. The van der Waals surface area contributed by atoms with E-state index < -0.39 is 11.2 Å². The number of esters is 1. The monoisotopic (exact) mass is 360 g/mol.